The molecule has 0 aliphatic heterocycles. The van der Waals surface area contributed by atoms with Crippen molar-refractivity contribution in [3.63, 3.8) is 0 Å². The first-order valence-electron chi connectivity index (χ1n) is 9.34. The maximum Gasteiger partial charge on any atom is 0.311 e. The molecule has 7 nitrogen and oxygen atoms in total. The summed E-state index contributed by atoms with van der Waals surface area (Å²) < 4.78 is 5.08. The average Bonchev–Trinajstić information content (AvgIpc) is 2.72. The van der Waals surface area contributed by atoms with E-state index < -0.39 is 4.92 Å². The smallest absolute Gasteiger partial charge is 0.311 e. The van der Waals surface area contributed by atoms with E-state index in [-0.39, 0.29) is 29.9 Å². The molecule has 0 bridgehead atoms. The first-order valence-corrected chi connectivity index (χ1v) is 9.34. The average molecular weight is 394 g/mol. The highest BCUT2D eigenvalue weighted by Gasteiger charge is 2.19. The lowest BCUT2D eigenvalue weighted by atomic mass is 10.00. The zero-order valence-corrected chi connectivity index (χ0v) is 16.6. The summed E-state index contributed by atoms with van der Waals surface area (Å²) in [6, 6.07) is 17.3. The molecule has 0 aliphatic carbocycles. The molecule has 0 aliphatic rings. The van der Waals surface area contributed by atoms with Crippen LogP contribution in [0.1, 0.15) is 24.1 Å². The van der Waals surface area contributed by atoms with Gasteiger partial charge in [-0.2, -0.15) is 0 Å². The maximum atomic E-state index is 12.5. The summed E-state index contributed by atoms with van der Waals surface area (Å²) in [5.74, 6) is -0.0694. The van der Waals surface area contributed by atoms with Crippen molar-refractivity contribution in [2.45, 2.75) is 19.9 Å². The summed E-state index contributed by atoms with van der Waals surface area (Å²) >= 11 is 0. The second kappa shape index (κ2) is 8.70. The van der Waals surface area contributed by atoms with Crippen LogP contribution >= 0.6 is 0 Å². The molecule has 29 heavy (non-hydrogen) atoms. The van der Waals surface area contributed by atoms with Crippen LogP contribution in [0.15, 0.2) is 54.6 Å². The molecular weight excluding hydrogens is 370 g/mol. The Morgan fingerprint density at radius 2 is 1.93 bits per heavy atom. The van der Waals surface area contributed by atoms with Gasteiger partial charge in [-0.05, 0) is 30.2 Å². The molecular formula is C22H24N3O4+. The number of hydrogen-bond donors (Lipinski definition) is 2. The van der Waals surface area contributed by atoms with E-state index in [4.69, 9.17) is 4.74 Å². The molecule has 3 aromatic carbocycles. The second-order valence-electron chi connectivity index (χ2n) is 6.94. The van der Waals surface area contributed by atoms with Gasteiger partial charge in [0, 0.05) is 23.4 Å². The van der Waals surface area contributed by atoms with E-state index >= 15 is 0 Å². The summed E-state index contributed by atoms with van der Waals surface area (Å²) in [4.78, 5) is 23.1. The zero-order valence-electron chi connectivity index (χ0n) is 16.6. The van der Waals surface area contributed by atoms with Gasteiger partial charge < -0.3 is 15.4 Å². The minimum Gasteiger partial charge on any atom is -0.490 e. The van der Waals surface area contributed by atoms with Crippen molar-refractivity contribution in [3.8, 4) is 5.75 Å². The summed E-state index contributed by atoms with van der Waals surface area (Å²) in [7, 11) is 1.36. The second-order valence-corrected chi connectivity index (χ2v) is 6.94. The van der Waals surface area contributed by atoms with Gasteiger partial charge in [-0.3, -0.25) is 14.9 Å². The predicted molar refractivity (Wildman–Crippen MR) is 112 cm³/mol. The van der Waals surface area contributed by atoms with Gasteiger partial charge >= 0.3 is 5.69 Å². The molecule has 0 saturated carbocycles. The predicted octanol–water partition coefficient (Wildman–Crippen LogP) is 3.33. The van der Waals surface area contributed by atoms with Crippen LogP contribution in [0.3, 0.4) is 0 Å². The molecule has 3 aromatic rings. The summed E-state index contributed by atoms with van der Waals surface area (Å²) in [6.45, 7) is 4.00. The van der Waals surface area contributed by atoms with Crippen molar-refractivity contribution in [1.29, 1.82) is 0 Å². The fraction of sp³-hybridized carbons (Fsp3) is 0.227. The number of ether oxygens (including phenoxy) is 1. The summed E-state index contributed by atoms with van der Waals surface area (Å²) in [5.41, 5.74) is 2.15. The topological polar surface area (TPSA) is 98.1 Å². The monoisotopic (exact) mass is 394 g/mol. The van der Waals surface area contributed by atoms with Gasteiger partial charge in [0.05, 0.1) is 12.0 Å². The number of aryl methyl sites for hydroxylation is 1. The first-order chi connectivity index (χ1) is 13.9. The van der Waals surface area contributed by atoms with Crippen molar-refractivity contribution in [1.82, 2.24) is 0 Å². The Labute approximate surface area is 168 Å². The number of carbonyl (C=O) groups excluding carboxylic acids is 1. The number of quaternary nitrogens is 1. The number of amides is 1. The lowest BCUT2D eigenvalue weighted by Gasteiger charge is -2.14. The van der Waals surface area contributed by atoms with Crippen LogP contribution in [0.4, 0.5) is 11.4 Å². The van der Waals surface area contributed by atoms with Gasteiger partial charge in [0.2, 0.25) is 0 Å². The highest BCUT2D eigenvalue weighted by atomic mass is 16.6. The molecule has 150 valence electrons. The van der Waals surface area contributed by atoms with Crippen molar-refractivity contribution in [2.24, 2.45) is 0 Å². The van der Waals surface area contributed by atoms with Crippen molar-refractivity contribution < 1.29 is 19.8 Å². The van der Waals surface area contributed by atoms with Crippen molar-refractivity contribution in [2.75, 3.05) is 19.0 Å². The molecule has 1 amide bonds. The molecule has 3 N–H and O–H groups in total. The number of nitro groups is 1. The fourth-order valence-electron chi connectivity index (χ4n) is 3.37. The maximum absolute atomic E-state index is 12.5. The zero-order chi connectivity index (χ0) is 21.0. The van der Waals surface area contributed by atoms with Crippen molar-refractivity contribution in [3.05, 3.63) is 75.8 Å². The van der Waals surface area contributed by atoms with Gasteiger partial charge in [0.1, 0.15) is 6.04 Å². The van der Waals surface area contributed by atoms with Gasteiger partial charge in [-0.1, -0.05) is 42.5 Å². The number of rotatable bonds is 7. The van der Waals surface area contributed by atoms with Gasteiger partial charge in [-0.25, -0.2) is 0 Å². The summed E-state index contributed by atoms with van der Waals surface area (Å²) in [5, 5.41) is 18.2. The number of benzene rings is 3. The van der Waals surface area contributed by atoms with E-state index in [1.807, 2.05) is 23.5 Å². The minimum atomic E-state index is -0.503. The highest BCUT2D eigenvalue weighted by Crippen LogP contribution is 2.32. The molecule has 3 rings (SSSR count). The SMILES string of the molecule is COc1cc(NC(=O)C[NH2+][C@@H](C)c2cccc3ccccc23)c(C)cc1[N+](=O)[O-]. The molecule has 7 heteroatoms. The van der Waals surface area contributed by atoms with Crippen LogP contribution in [-0.2, 0) is 4.79 Å². The van der Waals surface area contributed by atoms with Gasteiger partial charge in [0.15, 0.2) is 12.3 Å². The Hall–Kier alpha value is -3.45. The Morgan fingerprint density at radius 3 is 2.66 bits per heavy atom. The Morgan fingerprint density at radius 1 is 1.21 bits per heavy atom. The van der Waals surface area contributed by atoms with Crippen molar-refractivity contribution >= 4 is 28.1 Å². The summed E-state index contributed by atoms with van der Waals surface area (Å²) in [6.07, 6.45) is 0. The third-order valence-corrected chi connectivity index (χ3v) is 4.97. The molecule has 0 spiro atoms. The van der Waals surface area contributed by atoms with E-state index in [1.54, 1.807) is 6.92 Å². The van der Waals surface area contributed by atoms with E-state index in [2.05, 4.69) is 36.5 Å². The third kappa shape index (κ3) is 4.52. The molecule has 0 heterocycles. The number of anilines is 1. The molecule has 0 unspecified atom stereocenters. The Kier molecular flexibility index (Phi) is 6.09. The standard InChI is InChI=1S/C22H23N3O4/c1-14-11-20(25(27)28)21(29-3)12-19(14)24-22(26)13-23-15(2)17-10-6-8-16-7-4-5-9-18(16)17/h4-12,15,23H,13H2,1-3H3,(H,24,26)/p+1/t15-/m0/s1. The van der Waals surface area contributed by atoms with Crippen LogP contribution in [-0.4, -0.2) is 24.5 Å². The third-order valence-electron chi connectivity index (χ3n) is 4.97. The van der Waals surface area contributed by atoms with E-state index in [0.717, 1.165) is 0 Å². The van der Waals surface area contributed by atoms with Crippen LogP contribution in [0.2, 0.25) is 0 Å². The molecule has 0 saturated heterocycles. The Bertz CT molecular complexity index is 1060. The van der Waals surface area contributed by atoms with Gasteiger partial charge in [0.25, 0.3) is 5.91 Å². The number of carbonyl (C=O) groups is 1. The lowest BCUT2D eigenvalue weighted by Crippen LogP contribution is -2.86. The molecule has 0 aromatic heterocycles. The number of fused-ring (bicyclic) bond motifs is 1. The lowest BCUT2D eigenvalue weighted by molar-refractivity contribution is -0.682. The Balaban J connectivity index is 1.69. The van der Waals surface area contributed by atoms with E-state index in [1.165, 1.54) is 35.6 Å². The number of nitro benzene ring substituents is 1. The van der Waals surface area contributed by atoms with Crippen LogP contribution < -0.4 is 15.4 Å². The minimum absolute atomic E-state index is 0.0966. The number of nitrogens with zero attached hydrogens (tertiary/aromatic N) is 1. The highest BCUT2D eigenvalue weighted by molar-refractivity contribution is 5.92. The fourth-order valence-corrected chi connectivity index (χ4v) is 3.37. The molecule has 0 fully saturated rings. The molecule has 1 atom stereocenters. The largest absolute Gasteiger partial charge is 0.490 e. The van der Waals surface area contributed by atoms with Crippen LogP contribution in [0.5, 0.6) is 5.75 Å². The quantitative estimate of drug-likeness (QED) is 0.474. The van der Waals surface area contributed by atoms with Crippen LogP contribution in [0, 0.1) is 17.0 Å². The number of hydrogen-bond acceptors (Lipinski definition) is 4. The van der Waals surface area contributed by atoms with E-state index in [0.29, 0.717) is 11.3 Å². The number of methoxy groups -OCH3 is 1. The number of nitrogens with two attached hydrogens (primary N) is 1. The normalized spacial score (nSPS) is 11.8. The first kappa shape index (κ1) is 20.3. The van der Waals surface area contributed by atoms with Gasteiger partial charge in [-0.15, -0.1) is 0 Å². The van der Waals surface area contributed by atoms with E-state index in [9.17, 15) is 14.9 Å². The molecule has 0 radical (unpaired) electrons. The number of nitrogens with one attached hydrogen (secondary N) is 1. The van der Waals surface area contributed by atoms with Crippen LogP contribution in [0.25, 0.3) is 10.8 Å².